The van der Waals surface area contributed by atoms with E-state index in [1.54, 1.807) is 28.8 Å². The number of fused-ring (bicyclic) bond motifs is 1. The van der Waals surface area contributed by atoms with E-state index in [4.69, 9.17) is 4.74 Å². The molecule has 0 aliphatic carbocycles. The van der Waals surface area contributed by atoms with Crippen LogP contribution in [0.4, 0.5) is 5.69 Å². The topological polar surface area (TPSA) is 46.6 Å². The number of esters is 1. The number of para-hydroxylation sites is 1. The molecule has 0 unspecified atom stereocenters. The van der Waals surface area contributed by atoms with Crippen LogP contribution >= 0.6 is 39.0 Å². The maximum Gasteiger partial charge on any atom is 0.348 e. The zero-order chi connectivity index (χ0) is 15.5. The molecule has 1 aromatic carbocycles. The Bertz CT molecular complexity index is 716. The number of amides is 1. The van der Waals surface area contributed by atoms with Gasteiger partial charge in [0.25, 0.3) is 5.91 Å². The second-order valence-electron chi connectivity index (χ2n) is 4.54. The molecule has 2 heterocycles. The van der Waals surface area contributed by atoms with Gasteiger partial charge in [0.05, 0.1) is 9.47 Å². The van der Waals surface area contributed by atoms with Crippen LogP contribution in [0.1, 0.15) is 9.67 Å². The predicted molar refractivity (Wildman–Crippen MR) is 91.8 cm³/mol. The zero-order valence-corrected chi connectivity index (χ0v) is 14.7. The fourth-order valence-electron chi connectivity index (χ4n) is 2.13. The van der Waals surface area contributed by atoms with Crippen molar-refractivity contribution in [3.8, 4) is 0 Å². The SMILES string of the molecule is O=C(OCC(=O)N1CCSc2ccccc21)c1ccc(Br)s1. The van der Waals surface area contributed by atoms with Gasteiger partial charge in [-0.3, -0.25) is 4.79 Å². The lowest BCUT2D eigenvalue weighted by Gasteiger charge is -2.28. The first-order chi connectivity index (χ1) is 10.6. The zero-order valence-electron chi connectivity index (χ0n) is 11.5. The number of thioether (sulfide) groups is 1. The Morgan fingerprint density at radius 1 is 1.23 bits per heavy atom. The van der Waals surface area contributed by atoms with Crippen molar-refractivity contribution < 1.29 is 14.3 Å². The molecule has 0 N–H and O–H groups in total. The van der Waals surface area contributed by atoms with Crippen LogP contribution < -0.4 is 4.90 Å². The van der Waals surface area contributed by atoms with Crippen molar-refractivity contribution >= 4 is 56.6 Å². The van der Waals surface area contributed by atoms with Crippen LogP contribution in [0.5, 0.6) is 0 Å². The van der Waals surface area contributed by atoms with Gasteiger partial charge in [0.15, 0.2) is 6.61 Å². The monoisotopic (exact) mass is 397 g/mol. The highest BCUT2D eigenvalue weighted by Gasteiger charge is 2.23. The highest BCUT2D eigenvalue weighted by molar-refractivity contribution is 9.11. The van der Waals surface area contributed by atoms with Gasteiger partial charge >= 0.3 is 5.97 Å². The summed E-state index contributed by atoms with van der Waals surface area (Å²) < 4.78 is 5.98. The van der Waals surface area contributed by atoms with Crippen LogP contribution in [0.3, 0.4) is 0 Å². The number of anilines is 1. The third-order valence-electron chi connectivity index (χ3n) is 3.13. The van der Waals surface area contributed by atoms with E-state index in [-0.39, 0.29) is 12.5 Å². The van der Waals surface area contributed by atoms with Crippen molar-refractivity contribution in [1.29, 1.82) is 0 Å². The van der Waals surface area contributed by atoms with Gasteiger partial charge in [-0.1, -0.05) is 12.1 Å². The standard InChI is InChI=1S/C15H12BrNO3S2/c16-13-6-5-12(22-13)15(19)20-9-14(18)17-7-8-21-11-4-2-1-3-10(11)17/h1-6H,7-9H2. The molecule has 3 rings (SSSR count). The van der Waals surface area contributed by atoms with E-state index in [1.165, 1.54) is 11.3 Å². The Labute approximate surface area is 144 Å². The molecular weight excluding hydrogens is 386 g/mol. The number of benzene rings is 1. The second kappa shape index (κ2) is 6.85. The van der Waals surface area contributed by atoms with Crippen LogP contribution in [0.25, 0.3) is 0 Å². The molecule has 0 spiro atoms. The number of carbonyl (C=O) groups excluding carboxylic acids is 2. The molecule has 4 nitrogen and oxygen atoms in total. The van der Waals surface area contributed by atoms with Gasteiger partial charge in [-0.25, -0.2) is 4.79 Å². The normalized spacial score (nSPS) is 13.6. The Morgan fingerprint density at radius 3 is 2.82 bits per heavy atom. The van der Waals surface area contributed by atoms with Gasteiger partial charge in [0.1, 0.15) is 4.88 Å². The molecule has 7 heteroatoms. The number of hydrogen-bond donors (Lipinski definition) is 0. The van der Waals surface area contributed by atoms with Crippen LogP contribution in [0.15, 0.2) is 45.1 Å². The fourth-order valence-corrected chi connectivity index (χ4v) is 4.40. The smallest absolute Gasteiger partial charge is 0.348 e. The summed E-state index contributed by atoms with van der Waals surface area (Å²) in [7, 11) is 0. The molecule has 0 saturated carbocycles. The van der Waals surface area contributed by atoms with Crippen molar-refractivity contribution in [3.05, 3.63) is 45.1 Å². The first-order valence-electron chi connectivity index (χ1n) is 6.60. The largest absolute Gasteiger partial charge is 0.451 e. The van der Waals surface area contributed by atoms with Crippen LogP contribution in [-0.4, -0.2) is 30.8 Å². The molecule has 2 aromatic rings. The summed E-state index contributed by atoms with van der Waals surface area (Å²) in [6.07, 6.45) is 0. The van der Waals surface area contributed by atoms with Crippen molar-refractivity contribution in [2.75, 3.05) is 23.8 Å². The molecule has 1 amide bonds. The summed E-state index contributed by atoms with van der Waals surface area (Å²) in [5, 5.41) is 0. The lowest BCUT2D eigenvalue weighted by molar-refractivity contribution is -0.121. The summed E-state index contributed by atoms with van der Waals surface area (Å²) in [6, 6.07) is 11.2. The van der Waals surface area contributed by atoms with Crippen molar-refractivity contribution in [2.45, 2.75) is 4.90 Å². The molecule has 0 radical (unpaired) electrons. The highest BCUT2D eigenvalue weighted by Crippen LogP contribution is 2.34. The van der Waals surface area contributed by atoms with Crippen LogP contribution in [0, 0.1) is 0 Å². The third-order valence-corrected chi connectivity index (χ3v) is 5.78. The van der Waals surface area contributed by atoms with Crippen molar-refractivity contribution in [3.63, 3.8) is 0 Å². The second-order valence-corrected chi connectivity index (χ2v) is 8.14. The maximum absolute atomic E-state index is 12.3. The Kier molecular flexibility index (Phi) is 4.85. The number of rotatable bonds is 3. The van der Waals surface area contributed by atoms with Gasteiger partial charge in [-0.05, 0) is 40.2 Å². The summed E-state index contributed by atoms with van der Waals surface area (Å²) in [4.78, 5) is 27.5. The number of halogens is 1. The van der Waals surface area contributed by atoms with Gasteiger partial charge in [-0.15, -0.1) is 23.1 Å². The minimum absolute atomic E-state index is 0.197. The molecule has 114 valence electrons. The van der Waals surface area contributed by atoms with E-state index in [1.807, 2.05) is 24.3 Å². The number of carbonyl (C=O) groups is 2. The minimum atomic E-state index is -0.469. The molecular formula is C15H12BrNO3S2. The van der Waals surface area contributed by atoms with Gasteiger partial charge < -0.3 is 9.64 Å². The van der Waals surface area contributed by atoms with E-state index < -0.39 is 5.97 Å². The molecule has 0 atom stereocenters. The van der Waals surface area contributed by atoms with Crippen LogP contribution in [0.2, 0.25) is 0 Å². The average molecular weight is 398 g/mol. The number of hydrogen-bond acceptors (Lipinski definition) is 5. The molecule has 22 heavy (non-hydrogen) atoms. The molecule has 0 fully saturated rings. The van der Waals surface area contributed by atoms with Crippen molar-refractivity contribution in [2.24, 2.45) is 0 Å². The predicted octanol–water partition coefficient (Wildman–Crippen LogP) is 3.81. The van der Waals surface area contributed by atoms with E-state index in [2.05, 4.69) is 15.9 Å². The number of nitrogens with zero attached hydrogens (tertiary/aromatic N) is 1. The Morgan fingerprint density at radius 2 is 2.05 bits per heavy atom. The minimum Gasteiger partial charge on any atom is -0.451 e. The first kappa shape index (κ1) is 15.6. The van der Waals surface area contributed by atoms with E-state index in [0.29, 0.717) is 11.4 Å². The number of thiophene rings is 1. The maximum atomic E-state index is 12.3. The Balaban J connectivity index is 1.65. The molecule has 0 saturated heterocycles. The highest BCUT2D eigenvalue weighted by atomic mass is 79.9. The number of ether oxygens (including phenoxy) is 1. The van der Waals surface area contributed by atoms with Gasteiger partial charge in [-0.2, -0.15) is 0 Å². The average Bonchev–Trinajstić information content (AvgIpc) is 2.98. The lowest BCUT2D eigenvalue weighted by atomic mass is 10.2. The molecule has 1 aliphatic heterocycles. The summed E-state index contributed by atoms with van der Waals surface area (Å²) >= 11 is 6.31. The summed E-state index contributed by atoms with van der Waals surface area (Å²) in [5.74, 6) is 0.176. The quantitative estimate of drug-likeness (QED) is 0.738. The van der Waals surface area contributed by atoms with E-state index in [0.717, 1.165) is 20.1 Å². The Hall–Kier alpha value is -1.31. The van der Waals surface area contributed by atoms with Gasteiger partial charge in [0.2, 0.25) is 0 Å². The van der Waals surface area contributed by atoms with E-state index >= 15 is 0 Å². The molecule has 0 bridgehead atoms. The summed E-state index contributed by atoms with van der Waals surface area (Å²) in [5.41, 5.74) is 0.888. The van der Waals surface area contributed by atoms with Crippen LogP contribution in [-0.2, 0) is 9.53 Å². The van der Waals surface area contributed by atoms with E-state index in [9.17, 15) is 9.59 Å². The van der Waals surface area contributed by atoms with Crippen molar-refractivity contribution in [1.82, 2.24) is 0 Å². The fraction of sp³-hybridized carbons (Fsp3) is 0.200. The summed E-state index contributed by atoms with van der Waals surface area (Å²) in [6.45, 7) is 0.385. The third kappa shape index (κ3) is 3.37. The van der Waals surface area contributed by atoms with Gasteiger partial charge in [0, 0.05) is 17.2 Å². The first-order valence-corrected chi connectivity index (χ1v) is 9.19. The lowest BCUT2D eigenvalue weighted by Crippen LogP contribution is -2.38. The molecule has 1 aromatic heterocycles. The molecule has 1 aliphatic rings.